The highest BCUT2D eigenvalue weighted by Gasteiger charge is 2.24. The summed E-state index contributed by atoms with van der Waals surface area (Å²) in [5.41, 5.74) is 0.725. The Morgan fingerprint density at radius 1 is 0.818 bits per heavy atom. The highest BCUT2D eigenvalue weighted by atomic mass is 16.5. The van der Waals surface area contributed by atoms with E-state index in [4.69, 9.17) is 9.47 Å². The summed E-state index contributed by atoms with van der Waals surface area (Å²) >= 11 is 0. The molecule has 1 rings (SSSR count). The molecule has 1 aromatic rings. The van der Waals surface area contributed by atoms with Crippen LogP contribution in [0.4, 0.5) is 0 Å². The first-order valence-corrected chi connectivity index (χ1v) is 7.42. The lowest BCUT2D eigenvalue weighted by Crippen LogP contribution is -2.23. The monoisotopic (exact) mass is 306 g/mol. The number of hydrogen-bond donors (Lipinski definition) is 0. The SMILES string of the molecule is CC(C)(C)C(=O)OCc1cccc(COC(=O)C(C)(C)C)c1. The minimum atomic E-state index is -0.514. The fraction of sp³-hybridized carbons (Fsp3) is 0.556. The topological polar surface area (TPSA) is 52.6 Å². The smallest absolute Gasteiger partial charge is 0.311 e. The molecule has 1 aromatic carbocycles. The van der Waals surface area contributed by atoms with Crippen molar-refractivity contribution in [1.29, 1.82) is 0 Å². The Balaban J connectivity index is 2.60. The quantitative estimate of drug-likeness (QED) is 0.792. The maximum Gasteiger partial charge on any atom is 0.311 e. The summed E-state index contributed by atoms with van der Waals surface area (Å²) in [5, 5.41) is 0. The van der Waals surface area contributed by atoms with E-state index in [2.05, 4.69) is 0 Å². The van der Waals surface area contributed by atoms with Crippen LogP contribution in [0.25, 0.3) is 0 Å². The van der Waals surface area contributed by atoms with Gasteiger partial charge >= 0.3 is 11.9 Å². The van der Waals surface area contributed by atoms with Crippen molar-refractivity contribution in [2.45, 2.75) is 54.8 Å². The molecule has 0 amide bonds. The Morgan fingerprint density at radius 3 is 1.50 bits per heavy atom. The van der Waals surface area contributed by atoms with Crippen LogP contribution in [0.15, 0.2) is 24.3 Å². The number of esters is 2. The van der Waals surface area contributed by atoms with Gasteiger partial charge in [-0.3, -0.25) is 9.59 Å². The second-order valence-corrected chi connectivity index (χ2v) is 7.47. The molecule has 0 radical (unpaired) electrons. The van der Waals surface area contributed by atoms with Gasteiger partial charge in [0, 0.05) is 0 Å². The Labute approximate surface area is 132 Å². The maximum atomic E-state index is 11.8. The summed E-state index contributed by atoms with van der Waals surface area (Å²) < 4.78 is 10.6. The molecule has 0 N–H and O–H groups in total. The number of benzene rings is 1. The molecule has 0 unspecified atom stereocenters. The van der Waals surface area contributed by atoms with Gasteiger partial charge in [-0.15, -0.1) is 0 Å². The lowest BCUT2D eigenvalue weighted by molar-refractivity contribution is -0.154. The van der Waals surface area contributed by atoms with E-state index in [0.717, 1.165) is 11.1 Å². The van der Waals surface area contributed by atoms with Crippen molar-refractivity contribution < 1.29 is 19.1 Å². The molecule has 4 heteroatoms. The summed E-state index contributed by atoms with van der Waals surface area (Å²) in [6, 6.07) is 7.50. The standard InChI is InChI=1S/C18H26O4/c1-17(2,3)15(19)21-11-13-8-7-9-14(10-13)12-22-16(20)18(4,5)6/h7-10H,11-12H2,1-6H3. The molecule has 0 aliphatic heterocycles. The first-order valence-electron chi connectivity index (χ1n) is 7.42. The number of hydrogen-bond acceptors (Lipinski definition) is 4. The molecule has 22 heavy (non-hydrogen) atoms. The fourth-order valence-electron chi connectivity index (χ4n) is 1.54. The highest BCUT2D eigenvalue weighted by molar-refractivity contribution is 5.75. The summed E-state index contributed by atoms with van der Waals surface area (Å²) in [6.07, 6.45) is 0. The van der Waals surface area contributed by atoms with Gasteiger partial charge in [0.25, 0.3) is 0 Å². The van der Waals surface area contributed by atoms with Crippen molar-refractivity contribution in [1.82, 2.24) is 0 Å². The Morgan fingerprint density at radius 2 is 1.18 bits per heavy atom. The molecule has 0 fully saturated rings. The second kappa shape index (κ2) is 6.95. The molecule has 0 bridgehead atoms. The van der Waals surface area contributed by atoms with Crippen LogP contribution in [-0.2, 0) is 32.3 Å². The summed E-state index contributed by atoms with van der Waals surface area (Å²) in [4.78, 5) is 23.5. The van der Waals surface area contributed by atoms with Crippen molar-refractivity contribution in [3.05, 3.63) is 35.4 Å². The maximum absolute atomic E-state index is 11.8. The molecule has 0 atom stereocenters. The van der Waals surface area contributed by atoms with Gasteiger partial charge in [-0.2, -0.15) is 0 Å². The van der Waals surface area contributed by atoms with Crippen molar-refractivity contribution in [2.24, 2.45) is 10.8 Å². The molecular formula is C18H26O4. The number of carbonyl (C=O) groups is 2. The summed E-state index contributed by atoms with van der Waals surface area (Å²) in [7, 11) is 0. The van der Waals surface area contributed by atoms with Gasteiger partial charge in [-0.25, -0.2) is 0 Å². The highest BCUT2D eigenvalue weighted by Crippen LogP contribution is 2.18. The zero-order valence-electron chi connectivity index (χ0n) is 14.4. The van der Waals surface area contributed by atoms with Crippen LogP contribution in [0.5, 0.6) is 0 Å². The van der Waals surface area contributed by atoms with Crippen molar-refractivity contribution in [3.63, 3.8) is 0 Å². The molecule has 0 saturated heterocycles. The molecule has 0 aliphatic rings. The van der Waals surface area contributed by atoms with E-state index in [9.17, 15) is 9.59 Å². The van der Waals surface area contributed by atoms with Crippen LogP contribution in [0, 0.1) is 10.8 Å². The molecule has 0 spiro atoms. The van der Waals surface area contributed by atoms with Gasteiger partial charge in [-0.1, -0.05) is 18.2 Å². The lowest BCUT2D eigenvalue weighted by Gasteiger charge is -2.17. The summed E-state index contributed by atoms with van der Waals surface area (Å²) in [6.45, 7) is 11.3. The molecule has 0 saturated carbocycles. The Kier molecular flexibility index (Phi) is 5.75. The van der Waals surface area contributed by atoms with E-state index in [0.29, 0.717) is 0 Å². The largest absolute Gasteiger partial charge is 0.460 e. The van der Waals surface area contributed by atoms with Crippen LogP contribution >= 0.6 is 0 Å². The third-order valence-electron chi connectivity index (χ3n) is 2.96. The average Bonchev–Trinajstić information content (AvgIpc) is 2.40. The predicted molar refractivity (Wildman–Crippen MR) is 84.9 cm³/mol. The van der Waals surface area contributed by atoms with Gasteiger partial charge in [0.05, 0.1) is 10.8 Å². The Hall–Kier alpha value is -1.84. The predicted octanol–water partition coefficient (Wildman–Crippen LogP) is 3.87. The average molecular weight is 306 g/mol. The van der Waals surface area contributed by atoms with Gasteiger partial charge in [0.1, 0.15) is 13.2 Å². The van der Waals surface area contributed by atoms with Crippen LogP contribution in [-0.4, -0.2) is 11.9 Å². The first kappa shape index (κ1) is 18.2. The van der Waals surface area contributed by atoms with E-state index in [-0.39, 0.29) is 25.2 Å². The van der Waals surface area contributed by atoms with E-state index in [1.165, 1.54) is 0 Å². The third-order valence-corrected chi connectivity index (χ3v) is 2.96. The van der Waals surface area contributed by atoms with Gasteiger partial charge < -0.3 is 9.47 Å². The lowest BCUT2D eigenvalue weighted by atomic mass is 9.97. The third kappa shape index (κ3) is 5.88. The van der Waals surface area contributed by atoms with Crippen LogP contribution < -0.4 is 0 Å². The molecule has 122 valence electrons. The van der Waals surface area contributed by atoms with Gasteiger partial charge in [-0.05, 0) is 58.7 Å². The summed E-state index contributed by atoms with van der Waals surface area (Å²) in [5.74, 6) is -0.478. The Bertz CT molecular complexity index is 488. The van der Waals surface area contributed by atoms with E-state index >= 15 is 0 Å². The minimum absolute atomic E-state index is 0.219. The molecular weight excluding hydrogens is 280 g/mol. The molecule has 0 aliphatic carbocycles. The zero-order valence-corrected chi connectivity index (χ0v) is 14.4. The number of rotatable bonds is 4. The number of carbonyl (C=O) groups excluding carboxylic acids is 2. The van der Waals surface area contributed by atoms with Crippen molar-refractivity contribution >= 4 is 11.9 Å². The fourth-order valence-corrected chi connectivity index (χ4v) is 1.54. The number of ether oxygens (including phenoxy) is 2. The normalized spacial score (nSPS) is 11.9. The second-order valence-electron chi connectivity index (χ2n) is 7.47. The van der Waals surface area contributed by atoms with Crippen molar-refractivity contribution in [3.8, 4) is 0 Å². The van der Waals surface area contributed by atoms with Gasteiger partial charge in [0.15, 0.2) is 0 Å². The zero-order chi connectivity index (χ0) is 17.0. The van der Waals surface area contributed by atoms with E-state index in [1.54, 1.807) is 0 Å². The van der Waals surface area contributed by atoms with Crippen molar-refractivity contribution in [2.75, 3.05) is 0 Å². The van der Waals surface area contributed by atoms with Gasteiger partial charge in [0.2, 0.25) is 0 Å². The first-order chi connectivity index (χ1) is 10.00. The molecule has 0 aromatic heterocycles. The van der Waals surface area contributed by atoms with Crippen LogP contribution in [0.3, 0.4) is 0 Å². The van der Waals surface area contributed by atoms with E-state index < -0.39 is 10.8 Å². The molecule has 4 nitrogen and oxygen atoms in total. The van der Waals surface area contributed by atoms with Crippen LogP contribution in [0.1, 0.15) is 52.7 Å². The van der Waals surface area contributed by atoms with Crippen LogP contribution in [0.2, 0.25) is 0 Å². The van der Waals surface area contributed by atoms with E-state index in [1.807, 2.05) is 65.8 Å². The minimum Gasteiger partial charge on any atom is -0.460 e. The molecule has 0 heterocycles.